The Morgan fingerprint density at radius 3 is 2.53 bits per heavy atom. The molecule has 0 saturated carbocycles. The van der Waals surface area contributed by atoms with Crippen LogP contribution in [0.5, 0.6) is 0 Å². The molecule has 0 aliphatic rings. The smallest absolute Gasteiger partial charge is 0.340 e. The maximum Gasteiger partial charge on any atom is 0.340 e. The molecule has 1 amide bonds. The van der Waals surface area contributed by atoms with E-state index in [1.165, 1.54) is 17.0 Å². The number of carbonyl (C=O) groups excluding carboxylic acids is 1. The summed E-state index contributed by atoms with van der Waals surface area (Å²) in [5.41, 5.74) is 4.88. The number of hydrogen-bond donors (Lipinski definition) is 2. The van der Waals surface area contributed by atoms with E-state index in [1.807, 2.05) is 13.8 Å². The van der Waals surface area contributed by atoms with Crippen LogP contribution < -0.4 is 10.6 Å². The molecule has 0 unspecified atom stereocenters. The van der Waals surface area contributed by atoms with Gasteiger partial charge in [0, 0.05) is 6.54 Å². The Kier molecular flexibility index (Phi) is 4.86. The van der Waals surface area contributed by atoms with Crippen LogP contribution in [-0.4, -0.2) is 30.1 Å². The van der Waals surface area contributed by atoms with Gasteiger partial charge in [0.2, 0.25) is 5.91 Å². The molecular formula is C13H17FN2O3. The normalized spacial score (nSPS) is 10.5. The first-order valence-corrected chi connectivity index (χ1v) is 5.88. The second-order valence-corrected chi connectivity index (χ2v) is 4.68. The molecule has 0 spiro atoms. The van der Waals surface area contributed by atoms with E-state index in [0.717, 1.165) is 6.07 Å². The van der Waals surface area contributed by atoms with Gasteiger partial charge in [-0.3, -0.25) is 4.79 Å². The zero-order chi connectivity index (χ0) is 14.6. The number of carbonyl (C=O) groups is 2. The fraction of sp³-hybridized carbons (Fsp3) is 0.385. The first kappa shape index (κ1) is 14.9. The van der Waals surface area contributed by atoms with Gasteiger partial charge >= 0.3 is 5.97 Å². The summed E-state index contributed by atoms with van der Waals surface area (Å²) in [7, 11) is 0. The average Bonchev–Trinajstić information content (AvgIpc) is 2.25. The molecule has 0 aromatic heterocycles. The van der Waals surface area contributed by atoms with Gasteiger partial charge in [-0.1, -0.05) is 19.9 Å². The van der Waals surface area contributed by atoms with Crippen molar-refractivity contribution in [2.75, 3.05) is 18.0 Å². The van der Waals surface area contributed by atoms with E-state index in [2.05, 4.69) is 0 Å². The summed E-state index contributed by atoms with van der Waals surface area (Å²) in [6, 6.07) is 3.95. The van der Waals surface area contributed by atoms with E-state index in [9.17, 15) is 14.0 Å². The summed E-state index contributed by atoms with van der Waals surface area (Å²) < 4.78 is 13.6. The van der Waals surface area contributed by atoms with Crippen molar-refractivity contribution in [2.24, 2.45) is 11.7 Å². The topological polar surface area (TPSA) is 83.6 Å². The fourth-order valence-corrected chi connectivity index (χ4v) is 1.86. The van der Waals surface area contributed by atoms with Gasteiger partial charge in [0.25, 0.3) is 0 Å². The third kappa shape index (κ3) is 3.94. The largest absolute Gasteiger partial charge is 0.478 e. The molecule has 0 fully saturated rings. The first-order valence-electron chi connectivity index (χ1n) is 5.88. The molecule has 0 bridgehead atoms. The van der Waals surface area contributed by atoms with Gasteiger partial charge in [-0.05, 0) is 18.1 Å². The summed E-state index contributed by atoms with van der Waals surface area (Å²) in [6.07, 6.45) is 0. The number of primary amides is 1. The molecule has 0 aliphatic carbocycles. The standard InChI is InChI=1S/C13H17FN2O3/c1-8(2)6-16(7-11(15)17)10-5-3-4-9(14)12(10)13(18)19/h3-5,8H,6-7H2,1-2H3,(H2,15,17)(H,18,19). The molecule has 1 rings (SSSR count). The summed E-state index contributed by atoms with van der Waals surface area (Å²) >= 11 is 0. The minimum absolute atomic E-state index is 0.151. The number of benzene rings is 1. The third-order valence-electron chi connectivity index (χ3n) is 2.48. The third-order valence-corrected chi connectivity index (χ3v) is 2.48. The van der Waals surface area contributed by atoms with E-state index in [0.29, 0.717) is 6.54 Å². The quantitative estimate of drug-likeness (QED) is 0.818. The van der Waals surface area contributed by atoms with Crippen molar-refractivity contribution in [1.29, 1.82) is 0 Å². The van der Waals surface area contributed by atoms with Crippen molar-refractivity contribution in [2.45, 2.75) is 13.8 Å². The summed E-state index contributed by atoms with van der Waals surface area (Å²) in [4.78, 5) is 23.7. The van der Waals surface area contributed by atoms with Crippen LogP contribution in [-0.2, 0) is 4.79 Å². The lowest BCUT2D eigenvalue weighted by atomic mass is 10.1. The van der Waals surface area contributed by atoms with E-state index < -0.39 is 23.3 Å². The second-order valence-electron chi connectivity index (χ2n) is 4.68. The molecule has 19 heavy (non-hydrogen) atoms. The number of halogens is 1. The Morgan fingerprint density at radius 2 is 2.05 bits per heavy atom. The molecule has 1 aromatic carbocycles. The summed E-state index contributed by atoms with van der Waals surface area (Å²) in [5, 5.41) is 9.08. The molecule has 0 aliphatic heterocycles. The summed E-state index contributed by atoms with van der Waals surface area (Å²) in [5.74, 6) is -2.62. The van der Waals surface area contributed by atoms with Crippen LogP contribution in [0.3, 0.4) is 0 Å². The van der Waals surface area contributed by atoms with Crippen molar-refractivity contribution >= 4 is 17.6 Å². The maximum atomic E-state index is 13.6. The van der Waals surface area contributed by atoms with Crippen LogP contribution in [0.1, 0.15) is 24.2 Å². The Hall–Kier alpha value is -2.11. The van der Waals surface area contributed by atoms with E-state index in [4.69, 9.17) is 10.8 Å². The van der Waals surface area contributed by atoms with Crippen LogP contribution in [0.25, 0.3) is 0 Å². The molecule has 3 N–H and O–H groups in total. The summed E-state index contributed by atoms with van der Waals surface area (Å²) in [6.45, 7) is 4.08. The van der Waals surface area contributed by atoms with Gasteiger partial charge in [0.1, 0.15) is 11.4 Å². The predicted molar refractivity (Wildman–Crippen MR) is 69.6 cm³/mol. The zero-order valence-corrected chi connectivity index (χ0v) is 10.9. The molecule has 0 atom stereocenters. The van der Waals surface area contributed by atoms with Gasteiger partial charge < -0.3 is 15.7 Å². The molecular weight excluding hydrogens is 251 g/mol. The van der Waals surface area contributed by atoms with Crippen LogP contribution in [0.4, 0.5) is 10.1 Å². The number of nitrogens with two attached hydrogens (primary N) is 1. The predicted octanol–water partition coefficient (Wildman–Crippen LogP) is 1.47. The highest BCUT2D eigenvalue weighted by Crippen LogP contribution is 2.24. The minimum Gasteiger partial charge on any atom is -0.478 e. The highest BCUT2D eigenvalue weighted by molar-refractivity contribution is 5.95. The Labute approximate surface area is 110 Å². The number of aromatic carboxylic acids is 1. The number of amides is 1. The molecule has 0 heterocycles. The zero-order valence-electron chi connectivity index (χ0n) is 10.9. The molecule has 6 heteroatoms. The lowest BCUT2D eigenvalue weighted by Gasteiger charge is -2.26. The molecule has 1 aromatic rings. The molecule has 0 radical (unpaired) electrons. The fourth-order valence-electron chi connectivity index (χ4n) is 1.86. The lowest BCUT2D eigenvalue weighted by Crippen LogP contribution is -2.37. The van der Waals surface area contributed by atoms with Gasteiger partial charge in [-0.25, -0.2) is 9.18 Å². The minimum atomic E-state index is -1.37. The van der Waals surface area contributed by atoms with Crippen LogP contribution in [0.2, 0.25) is 0 Å². The van der Waals surface area contributed by atoms with Crippen molar-refractivity contribution in [3.8, 4) is 0 Å². The van der Waals surface area contributed by atoms with Crippen LogP contribution in [0.15, 0.2) is 18.2 Å². The van der Waals surface area contributed by atoms with Gasteiger partial charge in [-0.2, -0.15) is 0 Å². The average molecular weight is 268 g/mol. The van der Waals surface area contributed by atoms with E-state index in [1.54, 1.807) is 0 Å². The molecule has 0 saturated heterocycles. The maximum absolute atomic E-state index is 13.6. The number of nitrogens with zero attached hydrogens (tertiary/aromatic N) is 1. The van der Waals surface area contributed by atoms with Crippen molar-refractivity contribution in [3.05, 3.63) is 29.6 Å². The van der Waals surface area contributed by atoms with Crippen molar-refractivity contribution in [1.82, 2.24) is 0 Å². The lowest BCUT2D eigenvalue weighted by molar-refractivity contribution is -0.116. The first-order chi connectivity index (χ1) is 8.82. The molecule has 104 valence electrons. The number of hydrogen-bond acceptors (Lipinski definition) is 3. The van der Waals surface area contributed by atoms with Gasteiger partial charge in [-0.15, -0.1) is 0 Å². The Balaban J connectivity index is 3.24. The van der Waals surface area contributed by atoms with Crippen molar-refractivity contribution < 1.29 is 19.1 Å². The SMILES string of the molecule is CC(C)CN(CC(N)=O)c1cccc(F)c1C(=O)O. The van der Waals surface area contributed by atoms with Crippen molar-refractivity contribution in [3.63, 3.8) is 0 Å². The number of rotatable bonds is 6. The molecule has 5 nitrogen and oxygen atoms in total. The Bertz CT molecular complexity index is 489. The highest BCUT2D eigenvalue weighted by Gasteiger charge is 2.21. The van der Waals surface area contributed by atoms with E-state index in [-0.39, 0.29) is 18.2 Å². The monoisotopic (exact) mass is 268 g/mol. The van der Waals surface area contributed by atoms with E-state index >= 15 is 0 Å². The van der Waals surface area contributed by atoms with Gasteiger partial charge in [0.15, 0.2) is 0 Å². The number of anilines is 1. The van der Waals surface area contributed by atoms with Gasteiger partial charge in [0.05, 0.1) is 12.2 Å². The van der Waals surface area contributed by atoms with Crippen LogP contribution in [0, 0.1) is 11.7 Å². The number of carboxylic acid groups (broad SMARTS) is 1. The Morgan fingerprint density at radius 1 is 1.42 bits per heavy atom. The van der Waals surface area contributed by atoms with Crippen LogP contribution >= 0.6 is 0 Å². The number of carboxylic acids is 1. The second kappa shape index (κ2) is 6.17. The highest BCUT2D eigenvalue weighted by atomic mass is 19.1.